The van der Waals surface area contributed by atoms with Gasteiger partial charge in [-0.15, -0.1) is 0 Å². The molecule has 0 aromatic heterocycles. The Morgan fingerprint density at radius 3 is 2.67 bits per heavy atom. The van der Waals surface area contributed by atoms with E-state index in [9.17, 15) is 4.39 Å². The number of methoxy groups -OCH3 is 1. The van der Waals surface area contributed by atoms with Gasteiger partial charge in [0.05, 0.1) is 12.2 Å². The summed E-state index contributed by atoms with van der Waals surface area (Å²) in [5.74, 6) is 0.334. The first-order valence-electron chi connectivity index (χ1n) is 7.60. The molecule has 0 saturated heterocycles. The molecule has 1 atom stereocenters. The molecule has 1 rings (SSSR count). The molecule has 0 aliphatic carbocycles. The zero-order valence-corrected chi connectivity index (χ0v) is 13.8. The SMILES string of the molecule is CCCNC(C)c1ccc(F)cc1OCCC(C)(C)OC. The normalized spacial score (nSPS) is 13.2. The van der Waals surface area contributed by atoms with Crippen molar-refractivity contribution in [2.45, 2.75) is 52.2 Å². The van der Waals surface area contributed by atoms with E-state index in [0.29, 0.717) is 12.4 Å². The molecule has 1 unspecified atom stereocenters. The van der Waals surface area contributed by atoms with Gasteiger partial charge in [-0.3, -0.25) is 0 Å². The van der Waals surface area contributed by atoms with Crippen LogP contribution in [-0.4, -0.2) is 25.9 Å². The van der Waals surface area contributed by atoms with Crippen LogP contribution in [-0.2, 0) is 4.74 Å². The number of halogens is 1. The van der Waals surface area contributed by atoms with Crippen molar-refractivity contribution in [2.24, 2.45) is 0 Å². The lowest BCUT2D eigenvalue weighted by Gasteiger charge is -2.24. The summed E-state index contributed by atoms with van der Waals surface area (Å²) < 4.78 is 24.6. The van der Waals surface area contributed by atoms with Gasteiger partial charge in [0.15, 0.2) is 0 Å². The van der Waals surface area contributed by atoms with Crippen LogP contribution >= 0.6 is 0 Å². The summed E-state index contributed by atoms with van der Waals surface area (Å²) in [7, 11) is 1.68. The maximum absolute atomic E-state index is 13.5. The fourth-order valence-corrected chi connectivity index (χ4v) is 1.97. The number of hydrogen-bond donors (Lipinski definition) is 1. The van der Waals surface area contributed by atoms with E-state index in [0.717, 1.165) is 24.9 Å². The Balaban J connectivity index is 2.73. The molecule has 21 heavy (non-hydrogen) atoms. The van der Waals surface area contributed by atoms with Gasteiger partial charge in [-0.1, -0.05) is 13.0 Å². The Kier molecular flexibility index (Phi) is 7.12. The van der Waals surface area contributed by atoms with Gasteiger partial charge in [-0.2, -0.15) is 0 Å². The predicted molar refractivity (Wildman–Crippen MR) is 84.3 cm³/mol. The zero-order chi connectivity index (χ0) is 15.9. The molecule has 1 aromatic carbocycles. The minimum Gasteiger partial charge on any atom is -0.493 e. The molecule has 1 N–H and O–H groups in total. The summed E-state index contributed by atoms with van der Waals surface area (Å²) in [5, 5.41) is 3.40. The molecule has 0 spiro atoms. The first-order valence-corrected chi connectivity index (χ1v) is 7.60. The third-order valence-electron chi connectivity index (χ3n) is 3.66. The second-order valence-electron chi connectivity index (χ2n) is 5.92. The Morgan fingerprint density at radius 1 is 1.33 bits per heavy atom. The molecule has 0 aliphatic rings. The predicted octanol–water partition coefficient (Wildman–Crippen LogP) is 4.08. The van der Waals surface area contributed by atoms with Crippen LogP contribution in [0.1, 0.15) is 52.1 Å². The molecule has 0 heterocycles. The molecule has 1 aromatic rings. The van der Waals surface area contributed by atoms with Gasteiger partial charge < -0.3 is 14.8 Å². The van der Waals surface area contributed by atoms with Gasteiger partial charge in [-0.05, 0) is 39.8 Å². The summed E-state index contributed by atoms with van der Waals surface area (Å²) in [6, 6.07) is 4.86. The summed E-state index contributed by atoms with van der Waals surface area (Å²) >= 11 is 0. The average Bonchev–Trinajstić information content (AvgIpc) is 2.44. The zero-order valence-electron chi connectivity index (χ0n) is 13.8. The van der Waals surface area contributed by atoms with Crippen molar-refractivity contribution < 1.29 is 13.9 Å². The van der Waals surface area contributed by atoms with E-state index in [-0.39, 0.29) is 17.5 Å². The lowest BCUT2D eigenvalue weighted by Crippen LogP contribution is -2.25. The molecule has 0 saturated carbocycles. The maximum atomic E-state index is 13.5. The Labute approximate surface area is 127 Å². The third-order valence-corrected chi connectivity index (χ3v) is 3.66. The molecule has 120 valence electrons. The van der Waals surface area contributed by atoms with E-state index in [2.05, 4.69) is 19.2 Å². The molecule has 4 heteroatoms. The molecular formula is C17H28FNO2. The van der Waals surface area contributed by atoms with Crippen LogP contribution in [0, 0.1) is 5.82 Å². The van der Waals surface area contributed by atoms with Crippen LogP contribution < -0.4 is 10.1 Å². The van der Waals surface area contributed by atoms with E-state index in [4.69, 9.17) is 9.47 Å². The highest BCUT2D eigenvalue weighted by Crippen LogP contribution is 2.27. The molecule has 3 nitrogen and oxygen atoms in total. The van der Waals surface area contributed by atoms with Crippen LogP contribution in [0.5, 0.6) is 5.75 Å². The first kappa shape index (κ1) is 17.9. The van der Waals surface area contributed by atoms with E-state index in [1.807, 2.05) is 13.8 Å². The van der Waals surface area contributed by atoms with Gasteiger partial charge >= 0.3 is 0 Å². The van der Waals surface area contributed by atoms with Crippen molar-refractivity contribution in [1.82, 2.24) is 5.32 Å². The second kappa shape index (κ2) is 8.35. The van der Waals surface area contributed by atoms with Gasteiger partial charge in [0.1, 0.15) is 11.6 Å². The van der Waals surface area contributed by atoms with Crippen LogP contribution in [0.3, 0.4) is 0 Å². The quantitative estimate of drug-likeness (QED) is 0.745. The highest BCUT2D eigenvalue weighted by molar-refractivity contribution is 5.36. The minimum absolute atomic E-state index is 0.135. The van der Waals surface area contributed by atoms with Crippen LogP contribution in [0.4, 0.5) is 4.39 Å². The largest absolute Gasteiger partial charge is 0.493 e. The third kappa shape index (κ3) is 6.02. The van der Waals surface area contributed by atoms with Crippen LogP contribution in [0.15, 0.2) is 18.2 Å². The maximum Gasteiger partial charge on any atom is 0.126 e. The summed E-state index contributed by atoms with van der Waals surface area (Å²) in [6.07, 6.45) is 1.81. The van der Waals surface area contributed by atoms with Crippen LogP contribution in [0.2, 0.25) is 0 Å². The lowest BCUT2D eigenvalue weighted by atomic mass is 10.1. The van der Waals surface area contributed by atoms with E-state index >= 15 is 0 Å². The van der Waals surface area contributed by atoms with E-state index in [1.54, 1.807) is 13.2 Å². The number of rotatable bonds is 9. The summed E-state index contributed by atoms with van der Waals surface area (Å²) in [4.78, 5) is 0. The number of hydrogen-bond acceptors (Lipinski definition) is 3. The van der Waals surface area contributed by atoms with Gasteiger partial charge in [0, 0.05) is 31.2 Å². The molecule has 0 amide bonds. The molecule has 0 radical (unpaired) electrons. The van der Waals surface area contributed by atoms with Crippen LogP contribution in [0.25, 0.3) is 0 Å². The minimum atomic E-state index is -0.276. The highest BCUT2D eigenvalue weighted by Gasteiger charge is 2.17. The number of ether oxygens (including phenoxy) is 2. The van der Waals surface area contributed by atoms with Gasteiger partial charge in [0.25, 0.3) is 0 Å². The van der Waals surface area contributed by atoms with Gasteiger partial charge in [-0.25, -0.2) is 4.39 Å². The standard InChI is InChI=1S/C17H28FNO2/c1-6-10-19-13(2)15-8-7-14(18)12-16(15)21-11-9-17(3,4)20-5/h7-8,12-13,19H,6,9-11H2,1-5H3. The number of benzene rings is 1. The molecule has 0 aliphatic heterocycles. The lowest BCUT2D eigenvalue weighted by molar-refractivity contribution is 0.00533. The van der Waals surface area contributed by atoms with Crippen molar-refractivity contribution in [3.63, 3.8) is 0 Å². The summed E-state index contributed by atoms with van der Waals surface area (Å²) in [5.41, 5.74) is 0.750. The molecule has 0 bridgehead atoms. The molecular weight excluding hydrogens is 269 g/mol. The Morgan fingerprint density at radius 2 is 2.05 bits per heavy atom. The van der Waals surface area contributed by atoms with Crippen molar-refractivity contribution in [2.75, 3.05) is 20.3 Å². The number of nitrogens with one attached hydrogen (secondary N) is 1. The molecule has 0 fully saturated rings. The van der Waals surface area contributed by atoms with Crippen molar-refractivity contribution in [1.29, 1.82) is 0 Å². The Hall–Kier alpha value is -1.13. The monoisotopic (exact) mass is 297 g/mol. The van der Waals surface area contributed by atoms with E-state index < -0.39 is 0 Å². The fourth-order valence-electron chi connectivity index (χ4n) is 1.97. The summed E-state index contributed by atoms with van der Waals surface area (Å²) in [6.45, 7) is 9.62. The van der Waals surface area contributed by atoms with Gasteiger partial charge in [0.2, 0.25) is 0 Å². The Bertz CT molecular complexity index is 435. The fraction of sp³-hybridized carbons (Fsp3) is 0.647. The van der Waals surface area contributed by atoms with Crippen molar-refractivity contribution in [3.8, 4) is 5.75 Å². The first-order chi connectivity index (χ1) is 9.89. The van der Waals surface area contributed by atoms with Crippen molar-refractivity contribution in [3.05, 3.63) is 29.6 Å². The highest BCUT2D eigenvalue weighted by atomic mass is 19.1. The van der Waals surface area contributed by atoms with E-state index in [1.165, 1.54) is 12.1 Å². The second-order valence-corrected chi connectivity index (χ2v) is 5.92. The van der Waals surface area contributed by atoms with Crippen molar-refractivity contribution >= 4 is 0 Å². The topological polar surface area (TPSA) is 30.5 Å². The average molecular weight is 297 g/mol. The smallest absolute Gasteiger partial charge is 0.126 e.